The molecule has 0 aliphatic carbocycles. The Bertz CT molecular complexity index is 1390. The summed E-state index contributed by atoms with van der Waals surface area (Å²) in [5.74, 6) is 0.304. The Hall–Kier alpha value is -3.55. The molecule has 0 saturated carbocycles. The summed E-state index contributed by atoms with van der Waals surface area (Å²) in [4.78, 5) is 12.4. The maximum absolute atomic E-state index is 12.8. The molecular weight excluding hydrogens is 460 g/mol. The van der Waals surface area contributed by atoms with Gasteiger partial charge in [-0.05, 0) is 41.8 Å². The predicted octanol–water partition coefficient (Wildman–Crippen LogP) is 5.10. The molecule has 0 radical (unpaired) electrons. The maximum Gasteiger partial charge on any atom is 0.263 e. The van der Waals surface area contributed by atoms with Crippen molar-refractivity contribution in [2.24, 2.45) is 0 Å². The number of sulfonamides is 1. The molecule has 6 nitrogen and oxygen atoms in total. The molecule has 0 spiro atoms. The van der Waals surface area contributed by atoms with Crippen LogP contribution in [0.25, 0.3) is 10.8 Å². The van der Waals surface area contributed by atoms with E-state index in [1.165, 1.54) is 18.2 Å². The summed E-state index contributed by atoms with van der Waals surface area (Å²) in [5, 5.41) is 4.82. The van der Waals surface area contributed by atoms with Crippen molar-refractivity contribution in [2.75, 3.05) is 17.9 Å². The Morgan fingerprint density at radius 2 is 1.61 bits per heavy atom. The zero-order valence-electron chi connectivity index (χ0n) is 17.5. The lowest BCUT2D eigenvalue weighted by Crippen LogP contribution is -2.28. The number of hydrogen-bond acceptors (Lipinski definition) is 4. The Labute approximate surface area is 197 Å². The quantitative estimate of drug-likeness (QED) is 0.343. The number of halogens is 1. The minimum atomic E-state index is -3.97. The Kier molecular flexibility index (Phi) is 6.82. The van der Waals surface area contributed by atoms with E-state index in [9.17, 15) is 13.2 Å². The number of nitrogens with one attached hydrogen (secondary N) is 2. The topological polar surface area (TPSA) is 84.5 Å². The van der Waals surface area contributed by atoms with Crippen molar-refractivity contribution in [1.82, 2.24) is 5.32 Å². The molecule has 33 heavy (non-hydrogen) atoms. The van der Waals surface area contributed by atoms with E-state index >= 15 is 0 Å². The smallest absolute Gasteiger partial charge is 0.263 e. The molecular formula is C25H21ClN2O4S. The summed E-state index contributed by atoms with van der Waals surface area (Å²) >= 11 is 6.12. The van der Waals surface area contributed by atoms with E-state index in [2.05, 4.69) is 10.0 Å². The van der Waals surface area contributed by atoms with E-state index in [0.29, 0.717) is 5.69 Å². The van der Waals surface area contributed by atoms with Crippen molar-refractivity contribution in [3.8, 4) is 5.75 Å². The fourth-order valence-electron chi connectivity index (χ4n) is 3.32. The van der Waals surface area contributed by atoms with Crippen molar-refractivity contribution in [3.05, 3.63) is 102 Å². The molecule has 1 amide bonds. The molecule has 0 atom stereocenters. The van der Waals surface area contributed by atoms with Gasteiger partial charge in [0.15, 0.2) is 0 Å². The molecule has 0 heterocycles. The lowest BCUT2D eigenvalue weighted by atomic mass is 10.1. The van der Waals surface area contributed by atoms with Gasteiger partial charge in [-0.25, -0.2) is 8.42 Å². The molecule has 4 aromatic rings. The van der Waals surface area contributed by atoms with Gasteiger partial charge < -0.3 is 10.1 Å². The second-order valence-corrected chi connectivity index (χ2v) is 9.26. The normalized spacial score (nSPS) is 11.2. The van der Waals surface area contributed by atoms with Gasteiger partial charge in [0.25, 0.3) is 15.9 Å². The van der Waals surface area contributed by atoms with Crippen LogP contribution in [0.5, 0.6) is 5.75 Å². The molecule has 0 aliphatic rings. The minimum absolute atomic E-state index is 0.0225. The van der Waals surface area contributed by atoms with Crippen LogP contribution >= 0.6 is 11.6 Å². The second kappa shape index (κ2) is 9.94. The van der Waals surface area contributed by atoms with Crippen LogP contribution in [-0.4, -0.2) is 27.5 Å². The largest absolute Gasteiger partial charge is 0.491 e. The van der Waals surface area contributed by atoms with E-state index in [4.69, 9.17) is 16.3 Å². The third-order valence-corrected chi connectivity index (χ3v) is 6.77. The van der Waals surface area contributed by atoms with Crippen LogP contribution in [0.1, 0.15) is 10.4 Å². The van der Waals surface area contributed by atoms with Crippen LogP contribution in [0, 0.1) is 0 Å². The highest BCUT2D eigenvalue weighted by Gasteiger charge is 2.20. The van der Waals surface area contributed by atoms with E-state index < -0.39 is 15.9 Å². The number of carbonyl (C=O) groups is 1. The van der Waals surface area contributed by atoms with Gasteiger partial charge in [0.1, 0.15) is 17.3 Å². The first-order valence-corrected chi connectivity index (χ1v) is 12.1. The molecule has 0 fully saturated rings. The first-order chi connectivity index (χ1) is 15.9. The van der Waals surface area contributed by atoms with Crippen LogP contribution in [0.3, 0.4) is 0 Å². The molecule has 0 saturated heterocycles. The van der Waals surface area contributed by atoms with E-state index in [0.717, 1.165) is 16.5 Å². The van der Waals surface area contributed by atoms with Gasteiger partial charge >= 0.3 is 0 Å². The van der Waals surface area contributed by atoms with Gasteiger partial charge in [0.05, 0.1) is 11.6 Å². The summed E-state index contributed by atoms with van der Waals surface area (Å²) in [6.07, 6.45) is 0. The number of ether oxygens (including phenoxy) is 1. The summed E-state index contributed by atoms with van der Waals surface area (Å²) < 4.78 is 33.8. The summed E-state index contributed by atoms with van der Waals surface area (Å²) in [6.45, 7) is 0.503. The second-order valence-electron chi connectivity index (χ2n) is 7.20. The molecule has 0 bridgehead atoms. The fourth-order valence-corrected chi connectivity index (χ4v) is 4.90. The predicted molar refractivity (Wildman–Crippen MR) is 130 cm³/mol. The highest BCUT2D eigenvalue weighted by Crippen LogP contribution is 2.26. The standard InChI is InChI=1S/C25H21ClN2O4S/c26-22-14-13-19(17-24(22)33(30,31)28-20-9-2-1-3-10-20)25(29)27-15-16-32-23-12-6-8-18-7-4-5-11-21(18)23/h1-14,17,28H,15-16H2,(H,27,29). The summed E-state index contributed by atoms with van der Waals surface area (Å²) in [7, 11) is -3.97. The number of rotatable bonds is 8. The lowest BCUT2D eigenvalue weighted by Gasteiger charge is -2.12. The molecule has 168 valence electrons. The number of para-hydroxylation sites is 1. The molecule has 4 rings (SSSR count). The zero-order chi connectivity index (χ0) is 23.3. The van der Waals surface area contributed by atoms with Crippen LogP contribution in [-0.2, 0) is 10.0 Å². The first-order valence-electron chi connectivity index (χ1n) is 10.2. The third kappa shape index (κ3) is 5.45. The van der Waals surface area contributed by atoms with Gasteiger partial charge in [0.2, 0.25) is 0 Å². The monoisotopic (exact) mass is 480 g/mol. The van der Waals surface area contributed by atoms with E-state index in [-0.39, 0.29) is 28.6 Å². The van der Waals surface area contributed by atoms with Gasteiger partial charge in [-0.3, -0.25) is 9.52 Å². The number of amides is 1. The zero-order valence-corrected chi connectivity index (χ0v) is 19.1. The summed E-state index contributed by atoms with van der Waals surface area (Å²) in [5.41, 5.74) is 0.576. The number of benzene rings is 4. The Morgan fingerprint density at radius 3 is 2.42 bits per heavy atom. The van der Waals surface area contributed by atoms with Crippen LogP contribution < -0.4 is 14.8 Å². The number of carbonyl (C=O) groups excluding carboxylic acids is 1. The Balaban J connectivity index is 1.40. The molecule has 0 unspecified atom stereocenters. The Morgan fingerprint density at radius 1 is 0.879 bits per heavy atom. The SMILES string of the molecule is O=C(NCCOc1cccc2ccccc12)c1ccc(Cl)c(S(=O)(=O)Nc2ccccc2)c1. The summed E-state index contributed by atoms with van der Waals surface area (Å²) in [6, 6.07) is 26.2. The van der Waals surface area contributed by atoms with Crippen LogP contribution in [0.4, 0.5) is 5.69 Å². The molecule has 0 aliphatic heterocycles. The fraction of sp³-hybridized carbons (Fsp3) is 0.0800. The van der Waals surface area contributed by atoms with Crippen molar-refractivity contribution >= 4 is 44.0 Å². The van der Waals surface area contributed by atoms with Crippen molar-refractivity contribution in [1.29, 1.82) is 0 Å². The number of hydrogen-bond donors (Lipinski definition) is 2. The minimum Gasteiger partial charge on any atom is -0.491 e. The number of anilines is 1. The number of fused-ring (bicyclic) bond motifs is 1. The third-order valence-electron chi connectivity index (χ3n) is 4.90. The molecule has 2 N–H and O–H groups in total. The first kappa shape index (κ1) is 22.6. The van der Waals surface area contributed by atoms with E-state index in [1.54, 1.807) is 30.3 Å². The molecule has 8 heteroatoms. The van der Waals surface area contributed by atoms with Gasteiger partial charge in [-0.15, -0.1) is 0 Å². The molecule has 4 aromatic carbocycles. The van der Waals surface area contributed by atoms with Crippen LogP contribution in [0.15, 0.2) is 95.9 Å². The highest BCUT2D eigenvalue weighted by molar-refractivity contribution is 7.92. The van der Waals surface area contributed by atoms with Crippen LogP contribution in [0.2, 0.25) is 5.02 Å². The highest BCUT2D eigenvalue weighted by atomic mass is 35.5. The van der Waals surface area contributed by atoms with E-state index in [1.807, 2.05) is 42.5 Å². The van der Waals surface area contributed by atoms with Gasteiger partial charge in [-0.1, -0.05) is 66.2 Å². The van der Waals surface area contributed by atoms with Crippen molar-refractivity contribution in [2.45, 2.75) is 4.90 Å². The average molecular weight is 481 g/mol. The van der Waals surface area contributed by atoms with Gasteiger partial charge in [0, 0.05) is 16.6 Å². The van der Waals surface area contributed by atoms with Crippen molar-refractivity contribution in [3.63, 3.8) is 0 Å². The average Bonchev–Trinajstić information content (AvgIpc) is 2.82. The molecule has 0 aromatic heterocycles. The lowest BCUT2D eigenvalue weighted by molar-refractivity contribution is 0.0947. The van der Waals surface area contributed by atoms with Gasteiger partial charge in [-0.2, -0.15) is 0 Å². The maximum atomic E-state index is 12.8. The van der Waals surface area contributed by atoms with Crippen molar-refractivity contribution < 1.29 is 17.9 Å².